The number of para-hydroxylation sites is 1. The molecule has 0 radical (unpaired) electrons. The number of thioether (sulfide) groups is 1. The summed E-state index contributed by atoms with van der Waals surface area (Å²) >= 11 is 0.990. The molecular formula is C28H21N7O6S. The molecule has 5 rings (SSSR count). The Balaban J connectivity index is 1.56. The average molecular weight is 584 g/mol. The quantitative estimate of drug-likeness (QED) is 0.129. The second-order valence-electron chi connectivity index (χ2n) is 8.97. The number of nitro benzene ring substituents is 2. The van der Waals surface area contributed by atoms with Gasteiger partial charge in [-0.15, -0.1) is 0 Å². The largest absolute Gasteiger partial charge is 0.297 e. The number of aromatic nitrogens is 2. The van der Waals surface area contributed by atoms with Crippen molar-refractivity contribution in [2.75, 3.05) is 0 Å². The van der Waals surface area contributed by atoms with Crippen LogP contribution in [-0.2, 0) is 11.8 Å². The third-order valence-electron chi connectivity index (χ3n) is 6.34. The van der Waals surface area contributed by atoms with Crippen LogP contribution >= 0.6 is 11.8 Å². The van der Waals surface area contributed by atoms with Gasteiger partial charge in [-0.05, 0) is 72.3 Å². The third-order valence-corrected chi connectivity index (χ3v) is 7.30. The minimum absolute atomic E-state index is 0.0895. The lowest BCUT2D eigenvalue weighted by Crippen LogP contribution is -2.24. The molecule has 210 valence electrons. The molecule has 0 bridgehead atoms. The summed E-state index contributed by atoms with van der Waals surface area (Å²) in [6, 6.07) is 20.3. The monoisotopic (exact) mass is 583 g/mol. The van der Waals surface area contributed by atoms with Gasteiger partial charge >= 0.3 is 0 Å². The van der Waals surface area contributed by atoms with E-state index in [0.29, 0.717) is 22.5 Å². The fraction of sp³-hybridized carbons (Fsp3) is 0.0714. The molecule has 13 nitrogen and oxygen atoms in total. The maximum Gasteiger partial charge on any atom is 0.297 e. The molecule has 42 heavy (non-hydrogen) atoms. The predicted octanol–water partition coefficient (Wildman–Crippen LogP) is 4.94. The zero-order chi connectivity index (χ0) is 30.0. The Morgan fingerprint density at radius 3 is 1.98 bits per heavy atom. The second-order valence-corrected chi connectivity index (χ2v) is 9.98. The van der Waals surface area contributed by atoms with Crippen molar-refractivity contribution in [3.8, 4) is 5.69 Å². The van der Waals surface area contributed by atoms with Gasteiger partial charge in [-0.2, -0.15) is 10.1 Å². The van der Waals surface area contributed by atoms with Crippen LogP contribution in [-0.4, -0.2) is 41.5 Å². The number of amidine groups is 1. The molecule has 4 aromatic rings. The topological polar surface area (TPSA) is 158 Å². The van der Waals surface area contributed by atoms with E-state index in [1.165, 1.54) is 59.4 Å². The van der Waals surface area contributed by atoms with Gasteiger partial charge in [0.25, 0.3) is 22.8 Å². The molecule has 1 saturated heterocycles. The Labute approximate surface area is 242 Å². The molecule has 1 fully saturated rings. The lowest BCUT2D eigenvalue weighted by atomic mass is 10.2. The van der Waals surface area contributed by atoms with E-state index in [-0.39, 0.29) is 27.1 Å². The minimum atomic E-state index is -0.535. The first kappa shape index (κ1) is 27.9. The molecule has 1 amide bonds. The van der Waals surface area contributed by atoms with E-state index < -0.39 is 21.3 Å². The summed E-state index contributed by atoms with van der Waals surface area (Å²) in [4.78, 5) is 52.7. The van der Waals surface area contributed by atoms with Gasteiger partial charge in [-0.1, -0.05) is 18.2 Å². The number of amides is 1. The average Bonchev–Trinajstić information content (AvgIpc) is 3.39. The maximum absolute atomic E-state index is 13.5. The highest BCUT2D eigenvalue weighted by Crippen LogP contribution is 2.35. The molecule has 3 aromatic carbocycles. The summed E-state index contributed by atoms with van der Waals surface area (Å²) in [6.07, 6.45) is 2.90. The van der Waals surface area contributed by atoms with Gasteiger partial charge in [0.15, 0.2) is 10.9 Å². The summed E-state index contributed by atoms with van der Waals surface area (Å²) in [5.41, 5.74) is 1.76. The SMILES string of the molecule is Cc1c(N=C2SC(=Cc3ccc([N+](=O)[O-])cc3)C(=O)N2N=Cc2ccc([N+](=O)[O-])cc2)c(=O)n(-c2ccccc2)n1C. The molecule has 0 spiro atoms. The number of hydrogen-bond donors (Lipinski definition) is 0. The van der Waals surface area contributed by atoms with Gasteiger partial charge in [0.2, 0.25) is 0 Å². The van der Waals surface area contributed by atoms with Gasteiger partial charge in [0.05, 0.1) is 32.3 Å². The zero-order valence-corrected chi connectivity index (χ0v) is 23.0. The van der Waals surface area contributed by atoms with E-state index in [1.54, 1.807) is 36.9 Å². The predicted molar refractivity (Wildman–Crippen MR) is 159 cm³/mol. The van der Waals surface area contributed by atoms with Crippen LogP contribution in [0.1, 0.15) is 16.8 Å². The first-order valence-corrected chi connectivity index (χ1v) is 13.2. The highest BCUT2D eigenvalue weighted by Gasteiger charge is 2.34. The number of carbonyl (C=O) groups excluding carboxylic acids is 1. The Morgan fingerprint density at radius 1 is 0.833 bits per heavy atom. The number of non-ortho nitro benzene ring substituents is 2. The van der Waals surface area contributed by atoms with E-state index in [9.17, 15) is 29.8 Å². The molecular weight excluding hydrogens is 562 g/mol. The highest BCUT2D eigenvalue weighted by atomic mass is 32.2. The summed E-state index contributed by atoms with van der Waals surface area (Å²) in [6.45, 7) is 1.74. The Morgan fingerprint density at radius 2 is 1.40 bits per heavy atom. The van der Waals surface area contributed by atoms with Crippen molar-refractivity contribution in [3.63, 3.8) is 0 Å². The number of nitrogens with zero attached hydrogens (tertiary/aromatic N) is 7. The number of benzene rings is 3. The standard InChI is InChI=1S/C28H21N7O6S/c1-18-25(27(37)33(31(18)2)21-6-4-3-5-7-21)30-28-32(29-17-20-10-14-23(15-11-20)35(40)41)26(36)24(42-28)16-19-8-12-22(13-9-19)34(38)39/h3-17H,1-2H3. The lowest BCUT2D eigenvalue weighted by Gasteiger charge is -2.08. The van der Waals surface area contributed by atoms with Gasteiger partial charge < -0.3 is 0 Å². The molecule has 0 atom stereocenters. The Hall–Kier alpha value is -5.63. The van der Waals surface area contributed by atoms with Gasteiger partial charge in [-0.25, -0.2) is 9.67 Å². The number of rotatable bonds is 7. The van der Waals surface area contributed by atoms with Crippen LogP contribution in [0.2, 0.25) is 0 Å². The van der Waals surface area contributed by atoms with Crippen LogP contribution in [0.3, 0.4) is 0 Å². The van der Waals surface area contributed by atoms with Crippen LogP contribution in [0.4, 0.5) is 17.1 Å². The second kappa shape index (κ2) is 11.5. The molecule has 1 aromatic heterocycles. The van der Waals surface area contributed by atoms with Crippen molar-refractivity contribution < 1.29 is 14.6 Å². The summed E-state index contributed by atoms with van der Waals surface area (Å²) in [7, 11) is 1.73. The third kappa shape index (κ3) is 5.51. The number of aliphatic imine (C=N–C) groups is 1. The molecule has 0 N–H and O–H groups in total. The molecule has 1 aliphatic heterocycles. The highest BCUT2D eigenvalue weighted by molar-refractivity contribution is 8.18. The zero-order valence-electron chi connectivity index (χ0n) is 22.1. The molecule has 14 heteroatoms. The van der Waals surface area contributed by atoms with Crippen LogP contribution in [0.5, 0.6) is 0 Å². The molecule has 1 aliphatic rings. The molecule has 0 aliphatic carbocycles. The smallest absolute Gasteiger partial charge is 0.283 e. The van der Waals surface area contributed by atoms with E-state index in [4.69, 9.17) is 0 Å². The fourth-order valence-electron chi connectivity index (χ4n) is 4.07. The first-order valence-electron chi connectivity index (χ1n) is 12.3. The number of hydrogen-bond acceptors (Lipinski definition) is 9. The van der Waals surface area contributed by atoms with Crippen molar-refractivity contribution in [1.29, 1.82) is 0 Å². The first-order chi connectivity index (χ1) is 20.1. The van der Waals surface area contributed by atoms with Crippen molar-refractivity contribution in [2.45, 2.75) is 6.92 Å². The van der Waals surface area contributed by atoms with Crippen LogP contribution in [0.25, 0.3) is 11.8 Å². The maximum atomic E-state index is 13.5. The van der Waals surface area contributed by atoms with Crippen molar-refractivity contribution in [1.82, 2.24) is 14.4 Å². The van der Waals surface area contributed by atoms with E-state index in [2.05, 4.69) is 10.1 Å². The van der Waals surface area contributed by atoms with E-state index in [0.717, 1.165) is 16.8 Å². The van der Waals surface area contributed by atoms with Gasteiger partial charge in [-0.3, -0.25) is 34.5 Å². The van der Waals surface area contributed by atoms with Crippen molar-refractivity contribution in [2.24, 2.45) is 17.1 Å². The summed E-state index contributed by atoms with van der Waals surface area (Å²) < 4.78 is 3.13. The van der Waals surface area contributed by atoms with Gasteiger partial charge in [0, 0.05) is 31.3 Å². The molecule has 2 heterocycles. The van der Waals surface area contributed by atoms with E-state index in [1.807, 2.05) is 18.2 Å². The Bertz CT molecular complexity index is 1860. The van der Waals surface area contributed by atoms with Crippen LogP contribution < -0.4 is 5.56 Å². The molecule has 0 saturated carbocycles. The normalized spacial score (nSPS) is 15.3. The fourth-order valence-corrected chi connectivity index (χ4v) is 4.99. The number of carbonyl (C=O) groups is 1. The lowest BCUT2D eigenvalue weighted by molar-refractivity contribution is -0.385. The van der Waals surface area contributed by atoms with Crippen LogP contribution in [0, 0.1) is 27.2 Å². The van der Waals surface area contributed by atoms with Crippen molar-refractivity contribution >= 4 is 52.2 Å². The van der Waals surface area contributed by atoms with Crippen LogP contribution in [0.15, 0.2) is 98.7 Å². The van der Waals surface area contributed by atoms with Gasteiger partial charge in [0.1, 0.15) is 0 Å². The van der Waals surface area contributed by atoms with E-state index >= 15 is 0 Å². The summed E-state index contributed by atoms with van der Waals surface area (Å²) in [5.74, 6) is -0.535. The number of nitro groups is 2. The number of hydrazone groups is 1. The Kier molecular flexibility index (Phi) is 7.62. The molecule has 0 unspecified atom stereocenters. The van der Waals surface area contributed by atoms with Crippen molar-refractivity contribution in [3.05, 3.63) is 131 Å². The minimum Gasteiger partial charge on any atom is -0.283 e. The summed E-state index contributed by atoms with van der Waals surface area (Å²) in [5, 5.41) is 27.4.